The third-order valence-electron chi connectivity index (χ3n) is 3.30. The Balaban J connectivity index is 1.53. The lowest BCUT2D eigenvalue weighted by Gasteiger charge is -2.28. The summed E-state index contributed by atoms with van der Waals surface area (Å²) in [5, 5.41) is 0. The fraction of sp³-hybridized carbons (Fsp3) is 1.00. The molecule has 0 radical (unpaired) electrons. The third-order valence-corrected chi connectivity index (χ3v) is 3.30. The van der Waals surface area contributed by atoms with Gasteiger partial charge in [0.1, 0.15) is 0 Å². The Morgan fingerprint density at radius 2 is 1.93 bits per heavy atom. The van der Waals surface area contributed by atoms with Gasteiger partial charge in [-0.15, -0.1) is 0 Å². The Kier molecular flexibility index (Phi) is 4.90. The number of likely N-dealkylation sites (tertiary alicyclic amines) is 1. The quantitative estimate of drug-likeness (QED) is 0.713. The number of hydrogen-bond acceptors (Lipinski definition) is 3. The molecule has 0 aromatic rings. The van der Waals surface area contributed by atoms with E-state index < -0.39 is 0 Å². The Bertz CT molecular complexity index is 145. The SMILES string of the molecule is C1CCN(CCOC2CCCCO2)CC1. The first-order valence-corrected chi connectivity index (χ1v) is 6.41. The first-order valence-electron chi connectivity index (χ1n) is 6.41. The highest BCUT2D eigenvalue weighted by Gasteiger charge is 2.15. The van der Waals surface area contributed by atoms with E-state index in [4.69, 9.17) is 9.47 Å². The van der Waals surface area contributed by atoms with E-state index in [0.29, 0.717) is 0 Å². The number of ether oxygens (including phenoxy) is 2. The maximum atomic E-state index is 5.72. The molecule has 1 unspecified atom stereocenters. The maximum Gasteiger partial charge on any atom is 0.157 e. The molecule has 0 spiro atoms. The van der Waals surface area contributed by atoms with Gasteiger partial charge in [0.25, 0.3) is 0 Å². The second-order valence-electron chi connectivity index (χ2n) is 4.57. The van der Waals surface area contributed by atoms with Gasteiger partial charge in [0, 0.05) is 13.2 Å². The van der Waals surface area contributed by atoms with Crippen LogP contribution in [0.5, 0.6) is 0 Å². The summed E-state index contributed by atoms with van der Waals surface area (Å²) in [5.74, 6) is 0. The molecule has 0 bridgehead atoms. The van der Waals surface area contributed by atoms with Crippen molar-refractivity contribution in [3.05, 3.63) is 0 Å². The predicted molar refractivity (Wildman–Crippen MR) is 59.8 cm³/mol. The summed E-state index contributed by atoms with van der Waals surface area (Å²) in [6, 6.07) is 0. The molecule has 1 atom stereocenters. The average molecular weight is 213 g/mol. The van der Waals surface area contributed by atoms with Crippen molar-refractivity contribution in [2.75, 3.05) is 32.8 Å². The molecule has 3 nitrogen and oxygen atoms in total. The lowest BCUT2D eigenvalue weighted by Crippen LogP contribution is -2.34. The predicted octanol–water partition coefficient (Wildman–Crippen LogP) is 2.02. The Morgan fingerprint density at radius 1 is 1.07 bits per heavy atom. The molecule has 3 heteroatoms. The van der Waals surface area contributed by atoms with Crippen LogP contribution in [0.1, 0.15) is 38.5 Å². The summed E-state index contributed by atoms with van der Waals surface area (Å²) in [7, 11) is 0. The Hall–Kier alpha value is -0.120. The van der Waals surface area contributed by atoms with Gasteiger partial charge in [-0.2, -0.15) is 0 Å². The van der Waals surface area contributed by atoms with Gasteiger partial charge >= 0.3 is 0 Å². The molecule has 15 heavy (non-hydrogen) atoms. The molecule has 0 amide bonds. The van der Waals surface area contributed by atoms with Crippen LogP contribution in [0.15, 0.2) is 0 Å². The maximum absolute atomic E-state index is 5.72. The van der Waals surface area contributed by atoms with Gasteiger partial charge in [-0.25, -0.2) is 0 Å². The topological polar surface area (TPSA) is 21.7 Å². The highest BCUT2D eigenvalue weighted by Crippen LogP contribution is 2.14. The molecule has 0 aromatic heterocycles. The van der Waals surface area contributed by atoms with Gasteiger partial charge in [0.2, 0.25) is 0 Å². The smallest absolute Gasteiger partial charge is 0.157 e. The Morgan fingerprint density at radius 3 is 2.67 bits per heavy atom. The van der Waals surface area contributed by atoms with Gasteiger partial charge in [0.05, 0.1) is 6.61 Å². The molecule has 2 saturated heterocycles. The fourth-order valence-corrected chi connectivity index (χ4v) is 2.34. The standard InChI is InChI=1S/C12H23NO2/c1-3-7-13(8-4-1)9-11-15-12-6-2-5-10-14-12/h12H,1-11H2. The zero-order valence-corrected chi connectivity index (χ0v) is 9.62. The van der Waals surface area contributed by atoms with E-state index in [0.717, 1.165) is 26.2 Å². The zero-order valence-electron chi connectivity index (χ0n) is 9.62. The van der Waals surface area contributed by atoms with Crippen LogP contribution in [0, 0.1) is 0 Å². The molecule has 2 rings (SSSR count). The second-order valence-corrected chi connectivity index (χ2v) is 4.57. The van der Waals surface area contributed by atoms with Gasteiger partial charge in [0.15, 0.2) is 6.29 Å². The van der Waals surface area contributed by atoms with Gasteiger partial charge in [-0.3, -0.25) is 0 Å². The van der Waals surface area contributed by atoms with E-state index in [9.17, 15) is 0 Å². The second kappa shape index (κ2) is 6.46. The van der Waals surface area contributed by atoms with Crippen molar-refractivity contribution < 1.29 is 9.47 Å². The normalized spacial score (nSPS) is 29.2. The Labute approximate surface area is 92.7 Å². The molecule has 0 aromatic carbocycles. The first-order chi connectivity index (χ1) is 7.45. The van der Waals surface area contributed by atoms with Crippen LogP contribution in [0.25, 0.3) is 0 Å². The van der Waals surface area contributed by atoms with Crippen molar-refractivity contribution in [1.82, 2.24) is 4.90 Å². The molecule has 0 N–H and O–H groups in total. The summed E-state index contributed by atoms with van der Waals surface area (Å²) in [6.07, 6.45) is 7.76. The summed E-state index contributed by atoms with van der Waals surface area (Å²) < 4.78 is 11.2. The lowest BCUT2D eigenvalue weighted by molar-refractivity contribution is -0.164. The number of hydrogen-bond donors (Lipinski definition) is 0. The molecule has 2 fully saturated rings. The van der Waals surface area contributed by atoms with Gasteiger partial charge in [-0.05, 0) is 45.2 Å². The van der Waals surface area contributed by atoms with Crippen molar-refractivity contribution in [3.63, 3.8) is 0 Å². The van der Waals surface area contributed by atoms with Gasteiger partial charge < -0.3 is 14.4 Å². The van der Waals surface area contributed by atoms with Crippen LogP contribution in [-0.2, 0) is 9.47 Å². The summed E-state index contributed by atoms with van der Waals surface area (Å²) in [5.41, 5.74) is 0. The van der Waals surface area contributed by atoms with E-state index in [-0.39, 0.29) is 6.29 Å². The van der Waals surface area contributed by atoms with Crippen molar-refractivity contribution >= 4 is 0 Å². The van der Waals surface area contributed by atoms with Crippen LogP contribution in [0.2, 0.25) is 0 Å². The van der Waals surface area contributed by atoms with Crippen LogP contribution in [0.3, 0.4) is 0 Å². The number of nitrogens with zero attached hydrogens (tertiary/aromatic N) is 1. The first kappa shape index (κ1) is 11.4. The van der Waals surface area contributed by atoms with Crippen LogP contribution in [-0.4, -0.2) is 44.0 Å². The van der Waals surface area contributed by atoms with Crippen molar-refractivity contribution in [1.29, 1.82) is 0 Å². The van der Waals surface area contributed by atoms with E-state index in [2.05, 4.69) is 4.90 Å². The molecule has 0 aliphatic carbocycles. The minimum Gasteiger partial charge on any atom is -0.353 e. The summed E-state index contributed by atoms with van der Waals surface area (Å²) in [6.45, 7) is 5.32. The van der Waals surface area contributed by atoms with E-state index in [1.165, 1.54) is 45.2 Å². The highest BCUT2D eigenvalue weighted by atomic mass is 16.7. The van der Waals surface area contributed by atoms with Crippen LogP contribution >= 0.6 is 0 Å². The van der Waals surface area contributed by atoms with E-state index >= 15 is 0 Å². The lowest BCUT2D eigenvalue weighted by atomic mass is 10.1. The molecule has 2 aliphatic rings. The monoisotopic (exact) mass is 213 g/mol. The highest BCUT2D eigenvalue weighted by molar-refractivity contribution is 4.64. The van der Waals surface area contributed by atoms with Crippen molar-refractivity contribution in [3.8, 4) is 0 Å². The zero-order chi connectivity index (χ0) is 10.3. The minimum absolute atomic E-state index is 0.0866. The third kappa shape index (κ3) is 4.09. The van der Waals surface area contributed by atoms with Crippen LogP contribution < -0.4 is 0 Å². The molecule has 0 saturated carbocycles. The molecular formula is C12H23NO2. The van der Waals surface area contributed by atoms with Crippen LogP contribution in [0.4, 0.5) is 0 Å². The van der Waals surface area contributed by atoms with E-state index in [1.54, 1.807) is 0 Å². The molecule has 88 valence electrons. The summed E-state index contributed by atoms with van der Waals surface area (Å²) >= 11 is 0. The number of piperidine rings is 1. The fourth-order valence-electron chi connectivity index (χ4n) is 2.34. The van der Waals surface area contributed by atoms with E-state index in [1.807, 2.05) is 0 Å². The molecule has 2 aliphatic heterocycles. The number of rotatable bonds is 4. The van der Waals surface area contributed by atoms with Gasteiger partial charge in [-0.1, -0.05) is 6.42 Å². The molecule has 2 heterocycles. The minimum atomic E-state index is 0.0866. The summed E-state index contributed by atoms with van der Waals surface area (Å²) in [4.78, 5) is 2.51. The molecular weight excluding hydrogens is 190 g/mol. The average Bonchev–Trinajstić information content (AvgIpc) is 2.32. The van der Waals surface area contributed by atoms with Crippen molar-refractivity contribution in [2.45, 2.75) is 44.8 Å². The largest absolute Gasteiger partial charge is 0.353 e. The van der Waals surface area contributed by atoms with Crippen molar-refractivity contribution in [2.24, 2.45) is 0 Å².